The molecular weight excluding hydrogens is 368 g/mol. The third-order valence-electron chi connectivity index (χ3n) is 4.17. The van der Waals surface area contributed by atoms with Gasteiger partial charge in [0.25, 0.3) is 0 Å². The Kier molecular flexibility index (Phi) is 6.33. The fraction of sp³-hybridized carbons (Fsp3) is 0.682. The van der Waals surface area contributed by atoms with Crippen molar-refractivity contribution in [2.75, 3.05) is 0 Å². The molecule has 0 N–H and O–H groups in total. The van der Waals surface area contributed by atoms with E-state index in [0.29, 0.717) is 0 Å². The van der Waals surface area contributed by atoms with Crippen molar-refractivity contribution >= 4 is 31.4 Å². The molecule has 24 heavy (non-hydrogen) atoms. The van der Waals surface area contributed by atoms with Gasteiger partial charge in [0.05, 0.1) is 0 Å². The molecule has 0 aliphatic heterocycles. The van der Waals surface area contributed by atoms with Gasteiger partial charge in [-0.3, -0.25) is 0 Å². The van der Waals surface area contributed by atoms with Gasteiger partial charge < -0.3 is 0 Å². The van der Waals surface area contributed by atoms with Crippen LogP contribution in [0.5, 0.6) is 0 Å². The van der Waals surface area contributed by atoms with Crippen molar-refractivity contribution < 1.29 is 0 Å². The molecule has 0 amide bonds. The summed E-state index contributed by atoms with van der Waals surface area (Å²) in [6.45, 7) is 21.1. The molecule has 0 unspecified atom stereocenters. The maximum absolute atomic E-state index is 2.64. The summed E-state index contributed by atoms with van der Waals surface area (Å²) in [6.07, 6.45) is 0. The molecule has 0 aliphatic rings. The van der Waals surface area contributed by atoms with Gasteiger partial charge in [-0.1, -0.05) is 0 Å². The van der Waals surface area contributed by atoms with E-state index in [9.17, 15) is 0 Å². The molecule has 0 aliphatic carbocycles. The Labute approximate surface area is 156 Å². The molecule has 0 bridgehead atoms. The van der Waals surface area contributed by atoms with Gasteiger partial charge in [-0.25, -0.2) is 0 Å². The Balaban J connectivity index is 3.85. The van der Waals surface area contributed by atoms with Gasteiger partial charge in [-0.05, 0) is 0 Å². The van der Waals surface area contributed by atoms with Gasteiger partial charge in [-0.15, -0.1) is 0 Å². The number of rotatable bonds is 2. The third kappa shape index (κ3) is 6.03. The van der Waals surface area contributed by atoms with E-state index >= 15 is 0 Å². The fourth-order valence-corrected chi connectivity index (χ4v) is 7.45. The van der Waals surface area contributed by atoms with E-state index in [4.69, 9.17) is 0 Å². The first-order valence-electron chi connectivity index (χ1n) is 9.18. The zero-order valence-corrected chi connectivity index (χ0v) is 21.2. The Morgan fingerprint density at radius 3 is 1.33 bits per heavy atom. The van der Waals surface area contributed by atoms with Crippen LogP contribution in [0.25, 0.3) is 0 Å². The molecule has 2 heteroatoms. The van der Waals surface area contributed by atoms with Crippen LogP contribution in [0.1, 0.15) is 79.0 Å². The van der Waals surface area contributed by atoms with Crippen LogP contribution in [0.4, 0.5) is 0 Å². The Bertz CT molecular complexity index is 576. The van der Waals surface area contributed by atoms with E-state index in [1.54, 1.807) is 5.30 Å². The van der Waals surface area contributed by atoms with E-state index in [2.05, 4.69) is 96.3 Å². The van der Waals surface area contributed by atoms with Crippen LogP contribution >= 0.6 is 8.20 Å². The van der Waals surface area contributed by atoms with Gasteiger partial charge >= 0.3 is 156 Å². The molecule has 0 radical (unpaired) electrons. The number of benzene rings is 1. The molecule has 136 valence electrons. The first kappa shape index (κ1) is 22.0. The molecule has 0 aromatic heterocycles. The second-order valence-electron chi connectivity index (χ2n) is 11.3. The summed E-state index contributed by atoms with van der Waals surface area (Å²) in [7, 11) is 1.43. The first-order chi connectivity index (χ1) is 10.4. The van der Waals surface area contributed by atoms with Crippen LogP contribution < -0.4 is 5.30 Å². The summed E-state index contributed by atoms with van der Waals surface area (Å²) in [5.41, 5.74) is 5.05. The van der Waals surface area contributed by atoms with Crippen molar-refractivity contribution in [1.29, 1.82) is 0 Å². The molecule has 0 fully saturated rings. The van der Waals surface area contributed by atoms with E-state index in [1.165, 1.54) is 24.9 Å². The second kappa shape index (κ2) is 6.92. The molecular formula is C22H39GeP. The molecule has 0 nitrogen and oxygen atoms in total. The summed E-state index contributed by atoms with van der Waals surface area (Å²) in [4.78, 5) is 0. The monoisotopic (exact) mass is 408 g/mol. The minimum absolute atomic E-state index is 0.169. The molecule has 0 spiro atoms. The quantitative estimate of drug-likeness (QED) is 0.373. The van der Waals surface area contributed by atoms with Gasteiger partial charge in [0, 0.05) is 0 Å². The zero-order chi connectivity index (χ0) is 19.1. The SMILES string of the molecule is CC(C)(C)c1cc(C(C)(C)C)c(P=[CH][Ge]([CH3])([CH3])[CH3])c(C(C)(C)C)c1. The molecule has 0 saturated heterocycles. The topological polar surface area (TPSA) is 0 Å². The van der Waals surface area contributed by atoms with Crippen molar-refractivity contribution in [2.24, 2.45) is 0 Å². The average molecular weight is 407 g/mol. The predicted octanol–water partition coefficient (Wildman–Crippen LogP) is 6.83. The van der Waals surface area contributed by atoms with Crippen LogP contribution in [-0.2, 0) is 16.2 Å². The first-order valence-corrected chi connectivity index (χ1v) is 17.6. The fourth-order valence-electron chi connectivity index (χ4n) is 2.61. The summed E-state index contributed by atoms with van der Waals surface area (Å²) < 4.78 is 2.64. The van der Waals surface area contributed by atoms with Crippen LogP contribution in [0.3, 0.4) is 0 Å². The van der Waals surface area contributed by atoms with Crippen molar-refractivity contribution in [1.82, 2.24) is 0 Å². The molecule has 0 heterocycles. The van der Waals surface area contributed by atoms with Crippen molar-refractivity contribution in [2.45, 2.75) is 95.8 Å². The van der Waals surface area contributed by atoms with Gasteiger partial charge in [0.1, 0.15) is 0 Å². The second-order valence-corrected chi connectivity index (χ2v) is 23.8. The molecule has 1 aromatic carbocycles. The standard InChI is InChI=1S/C22H39GeP/c1-20(2,3)16-13-17(21(4,5)6)19(24-15-23(10,11)12)18(14-16)22(7,8)9/h13-15H,1-12H3. The normalized spacial score (nSPS) is 14.5. The molecule has 1 aromatic rings. The maximum atomic E-state index is 2.64. The minimum atomic E-state index is -1.69. The van der Waals surface area contributed by atoms with Crippen molar-refractivity contribution in [3.63, 3.8) is 0 Å². The van der Waals surface area contributed by atoms with E-state index < -0.39 is 13.3 Å². The number of hydrogen-bond acceptors (Lipinski definition) is 0. The Hall–Kier alpha value is -0.0671. The molecule has 1 rings (SSSR count). The third-order valence-corrected chi connectivity index (χ3v) is 11.5. The van der Waals surface area contributed by atoms with Crippen LogP contribution in [0.2, 0.25) is 17.3 Å². The zero-order valence-electron chi connectivity index (χ0n) is 18.2. The van der Waals surface area contributed by atoms with E-state index in [-0.39, 0.29) is 16.2 Å². The summed E-state index contributed by atoms with van der Waals surface area (Å²) in [5.74, 6) is 7.43. The summed E-state index contributed by atoms with van der Waals surface area (Å²) >= 11 is -1.69. The predicted molar refractivity (Wildman–Crippen MR) is 119 cm³/mol. The summed E-state index contributed by atoms with van der Waals surface area (Å²) in [5, 5.41) is 1.56. The van der Waals surface area contributed by atoms with Crippen LogP contribution in [0.15, 0.2) is 12.1 Å². The van der Waals surface area contributed by atoms with Crippen molar-refractivity contribution in [3.8, 4) is 0 Å². The number of hydrogen-bond donors (Lipinski definition) is 0. The van der Waals surface area contributed by atoms with Crippen LogP contribution in [-0.4, -0.2) is 17.9 Å². The Morgan fingerprint density at radius 1 is 0.708 bits per heavy atom. The Morgan fingerprint density at radius 2 is 1.08 bits per heavy atom. The van der Waals surface area contributed by atoms with E-state index in [1.807, 2.05) is 0 Å². The van der Waals surface area contributed by atoms with Gasteiger partial charge in [0.15, 0.2) is 0 Å². The van der Waals surface area contributed by atoms with E-state index in [0.717, 1.165) is 0 Å². The van der Waals surface area contributed by atoms with Gasteiger partial charge in [0.2, 0.25) is 0 Å². The molecule has 0 saturated carbocycles. The molecule has 0 atom stereocenters. The van der Waals surface area contributed by atoms with Crippen molar-refractivity contribution in [3.05, 3.63) is 28.8 Å². The van der Waals surface area contributed by atoms with Gasteiger partial charge in [-0.2, -0.15) is 0 Å². The van der Waals surface area contributed by atoms with Crippen LogP contribution in [0, 0.1) is 0 Å². The summed E-state index contributed by atoms with van der Waals surface area (Å²) in [6, 6.07) is 4.97. The average Bonchev–Trinajstić information content (AvgIpc) is 2.30.